The van der Waals surface area contributed by atoms with Crippen molar-refractivity contribution >= 4 is 28.6 Å². The molecule has 0 atom stereocenters. The van der Waals surface area contributed by atoms with Gasteiger partial charge in [0.25, 0.3) is 5.89 Å². The van der Waals surface area contributed by atoms with Gasteiger partial charge >= 0.3 is 0 Å². The number of thiazole rings is 1. The zero-order valence-corrected chi connectivity index (χ0v) is 10.6. The van der Waals surface area contributed by atoms with Gasteiger partial charge in [-0.05, 0) is 18.2 Å². The minimum absolute atomic E-state index is 0.389. The Balaban J connectivity index is 2.00. The van der Waals surface area contributed by atoms with Gasteiger partial charge in [0, 0.05) is 10.9 Å². The Kier molecular flexibility index (Phi) is 2.73. The van der Waals surface area contributed by atoms with Gasteiger partial charge in [-0.2, -0.15) is 4.98 Å². The molecule has 1 aromatic carbocycles. The van der Waals surface area contributed by atoms with Crippen LogP contribution in [-0.4, -0.2) is 15.1 Å². The van der Waals surface area contributed by atoms with Crippen LogP contribution in [0.5, 0.6) is 0 Å². The molecule has 0 aliphatic heterocycles. The van der Waals surface area contributed by atoms with E-state index >= 15 is 0 Å². The molecule has 90 valence electrons. The van der Waals surface area contributed by atoms with Crippen LogP contribution >= 0.6 is 22.9 Å². The first kappa shape index (κ1) is 11.2. The molecule has 0 unspecified atom stereocenters. The molecular weight excluding hydrogens is 272 g/mol. The number of benzene rings is 1. The Hall–Kier alpha value is -1.92. The summed E-state index contributed by atoms with van der Waals surface area (Å²) < 4.78 is 5.17. The van der Waals surface area contributed by atoms with Gasteiger partial charge in [-0.1, -0.05) is 16.8 Å². The molecule has 0 saturated carbocycles. The summed E-state index contributed by atoms with van der Waals surface area (Å²) in [6.45, 7) is 0. The average molecular weight is 279 g/mol. The van der Waals surface area contributed by atoms with Crippen molar-refractivity contribution < 1.29 is 4.52 Å². The van der Waals surface area contributed by atoms with E-state index < -0.39 is 0 Å². The Labute approximate surface area is 111 Å². The number of hydrogen-bond acceptors (Lipinski definition) is 6. The van der Waals surface area contributed by atoms with Crippen LogP contribution in [0.15, 0.2) is 33.6 Å². The second-order valence-electron chi connectivity index (χ2n) is 3.53. The van der Waals surface area contributed by atoms with Crippen LogP contribution in [0.3, 0.4) is 0 Å². The van der Waals surface area contributed by atoms with Gasteiger partial charge in [-0.15, -0.1) is 11.3 Å². The maximum Gasteiger partial charge on any atom is 0.258 e. The Bertz CT molecular complexity index is 680. The lowest BCUT2D eigenvalue weighted by Gasteiger charge is -1.98. The van der Waals surface area contributed by atoms with Crippen LogP contribution in [0.25, 0.3) is 23.0 Å². The third-order valence-corrected chi connectivity index (χ3v) is 3.25. The number of anilines is 1. The molecule has 0 fully saturated rings. The highest BCUT2D eigenvalue weighted by molar-refractivity contribution is 7.07. The molecule has 18 heavy (non-hydrogen) atoms. The fourth-order valence-corrected chi connectivity index (χ4v) is 2.14. The lowest BCUT2D eigenvalue weighted by molar-refractivity contribution is 0.432. The quantitative estimate of drug-likeness (QED) is 0.729. The summed E-state index contributed by atoms with van der Waals surface area (Å²) in [7, 11) is 0. The van der Waals surface area contributed by atoms with E-state index in [2.05, 4.69) is 15.1 Å². The van der Waals surface area contributed by atoms with E-state index in [0.717, 1.165) is 5.56 Å². The molecule has 0 aliphatic rings. The van der Waals surface area contributed by atoms with E-state index in [-0.39, 0.29) is 0 Å². The van der Waals surface area contributed by atoms with Crippen LogP contribution in [-0.2, 0) is 0 Å². The summed E-state index contributed by atoms with van der Waals surface area (Å²) in [6, 6.07) is 5.17. The molecule has 3 aromatic rings. The minimum Gasteiger partial charge on any atom is -0.398 e. The molecule has 3 rings (SSSR count). The molecule has 0 radical (unpaired) electrons. The number of hydrogen-bond donors (Lipinski definition) is 1. The predicted octanol–water partition coefficient (Wildman–Crippen LogP) is 3.10. The van der Waals surface area contributed by atoms with E-state index in [4.69, 9.17) is 21.9 Å². The van der Waals surface area contributed by atoms with Gasteiger partial charge in [0.1, 0.15) is 5.69 Å². The van der Waals surface area contributed by atoms with Crippen LogP contribution in [0, 0.1) is 0 Å². The van der Waals surface area contributed by atoms with Gasteiger partial charge < -0.3 is 10.3 Å². The minimum atomic E-state index is 0.389. The number of nitrogen functional groups attached to an aromatic ring is 1. The van der Waals surface area contributed by atoms with E-state index in [9.17, 15) is 0 Å². The normalized spacial score (nSPS) is 10.7. The van der Waals surface area contributed by atoms with Crippen LogP contribution in [0.1, 0.15) is 0 Å². The molecule has 2 heterocycles. The van der Waals surface area contributed by atoms with Crippen molar-refractivity contribution in [3.8, 4) is 23.0 Å². The average Bonchev–Trinajstić information content (AvgIpc) is 3.01. The van der Waals surface area contributed by atoms with Crippen molar-refractivity contribution in [1.29, 1.82) is 0 Å². The van der Waals surface area contributed by atoms with Crippen molar-refractivity contribution in [2.24, 2.45) is 0 Å². The predicted molar refractivity (Wildman–Crippen MR) is 70.3 cm³/mol. The van der Waals surface area contributed by atoms with Crippen molar-refractivity contribution in [3.05, 3.63) is 34.1 Å². The monoisotopic (exact) mass is 278 g/mol. The molecule has 5 nitrogen and oxygen atoms in total. The zero-order chi connectivity index (χ0) is 12.5. The van der Waals surface area contributed by atoms with E-state index in [1.165, 1.54) is 11.3 Å². The van der Waals surface area contributed by atoms with Gasteiger partial charge in [0.05, 0.1) is 16.2 Å². The third-order valence-electron chi connectivity index (χ3n) is 2.33. The summed E-state index contributed by atoms with van der Waals surface area (Å²) in [6.07, 6.45) is 0. The first-order valence-corrected chi connectivity index (χ1v) is 6.34. The summed E-state index contributed by atoms with van der Waals surface area (Å²) in [5.41, 5.74) is 9.29. The third kappa shape index (κ3) is 1.96. The number of rotatable bonds is 2. The Morgan fingerprint density at radius 2 is 2.22 bits per heavy atom. The topological polar surface area (TPSA) is 77.8 Å². The highest BCUT2D eigenvalue weighted by Crippen LogP contribution is 2.27. The Morgan fingerprint density at radius 1 is 1.33 bits per heavy atom. The fourth-order valence-electron chi connectivity index (χ4n) is 1.43. The zero-order valence-electron chi connectivity index (χ0n) is 9.00. The molecule has 0 spiro atoms. The second kappa shape index (κ2) is 4.40. The SMILES string of the molecule is Nc1ccc(-c2nc(-c3cscn3)no2)cc1Cl. The van der Waals surface area contributed by atoms with Crippen LogP contribution in [0.2, 0.25) is 5.02 Å². The van der Waals surface area contributed by atoms with Crippen molar-refractivity contribution in [1.82, 2.24) is 15.1 Å². The number of nitrogens with zero attached hydrogens (tertiary/aromatic N) is 3. The molecule has 0 aliphatic carbocycles. The fraction of sp³-hybridized carbons (Fsp3) is 0. The van der Waals surface area contributed by atoms with E-state index in [1.54, 1.807) is 23.7 Å². The lowest BCUT2D eigenvalue weighted by atomic mass is 10.2. The van der Waals surface area contributed by atoms with Crippen molar-refractivity contribution in [3.63, 3.8) is 0 Å². The largest absolute Gasteiger partial charge is 0.398 e. The first-order chi connectivity index (χ1) is 8.74. The molecular formula is C11H7ClN4OS. The standard InChI is InChI=1S/C11H7ClN4OS/c12-7-3-6(1-2-8(7)13)11-15-10(16-17-11)9-4-18-5-14-9/h1-5H,13H2. The molecule has 0 saturated heterocycles. The highest BCUT2D eigenvalue weighted by atomic mass is 35.5. The summed E-state index contributed by atoms with van der Waals surface area (Å²) in [4.78, 5) is 8.37. The molecule has 2 N–H and O–H groups in total. The number of aromatic nitrogens is 3. The highest BCUT2D eigenvalue weighted by Gasteiger charge is 2.12. The molecule has 7 heteroatoms. The van der Waals surface area contributed by atoms with Crippen LogP contribution in [0.4, 0.5) is 5.69 Å². The summed E-state index contributed by atoms with van der Waals surface area (Å²) >= 11 is 7.42. The summed E-state index contributed by atoms with van der Waals surface area (Å²) in [5, 5.41) is 6.18. The van der Waals surface area contributed by atoms with Crippen LogP contribution < -0.4 is 5.73 Å². The van der Waals surface area contributed by atoms with Gasteiger partial charge in [-0.25, -0.2) is 4.98 Å². The maximum absolute atomic E-state index is 5.94. The summed E-state index contributed by atoms with van der Waals surface area (Å²) in [5.74, 6) is 0.846. The maximum atomic E-state index is 5.94. The van der Waals surface area contributed by atoms with E-state index in [0.29, 0.717) is 28.1 Å². The first-order valence-electron chi connectivity index (χ1n) is 5.02. The lowest BCUT2D eigenvalue weighted by Crippen LogP contribution is -1.86. The van der Waals surface area contributed by atoms with Crippen molar-refractivity contribution in [2.45, 2.75) is 0 Å². The van der Waals surface area contributed by atoms with E-state index in [1.807, 2.05) is 5.38 Å². The molecule has 0 bridgehead atoms. The van der Waals surface area contributed by atoms with Crippen molar-refractivity contribution in [2.75, 3.05) is 5.73 Å². The van der Waals surface area contributed by atoms with Gasteiger partial charge in [0.15, 0.2) is 0 Å². The molecule has 0 amide bonds. The van der Waals surface area contributed by atoms with Gasteiger partial charge in [-0.3, -0.25) is 0 Å². The smallest absolute Gasteiger partial charge is 0.258 e. The van der Waals surface area contributed by atoms with Gasteiger partial charge in [0.2, 0.25) is 5.82 Å². The second-order valence-corrected chi connectivity index (χ2v) is 4.66. The number of halogens is 1. The molecule has 2 aromatic heterocycles. The number of nitrogens with two attached hydrogens (primary N) is 1. The Morgan fingerprint density at radius 3 is 2.94 bits per heavy atom.